The van der Waals surface area contributed by atoms with Crippen molar-refractivity contribution in [1.82, 2.24) is 9.91 Å². The third-order valence-electron chi connectivity index (χ3n) is 4.24. The summed E-state index contributed by atoms with van der Waals surface area (Å²) in [6.07, 6.45) is 4.12. The quantitative estimate of drug-likeness (QED) is 0.438. The number of rotatable bonds is 6. The summed E-state index contributed by atoms with van der Waals surface area (Å²) < 4.78 is 5.80. The van der Waals surface area contributed by atoms with E-state index in [0.29, 0.717) is 28.1 Å². The van der Waals surface area contributed by atoms with Crippen LogP contribution in [0.25, 0.3) is 11.3 Å². The molecule has 2 aromatic rings. The van der Waals surface area contributed by atoms with Crippen LogP contribution in [-0.4, -0.2) is 47.4 Å². The molecule has 0 aliphatic carbocycles. The molecule has 0 radical (unpaired) electrons. The number of likely N-dealkylation sites (tertiary alicyclic amines) is 1. The van der Waals surface area contributed by atoms with Gasteiger partial charge in [-0.2, -0.15) is 5.10 Å². The Balaban J connectivity index is 1.65. The molecule has 1 aliphatic heterocycles. The Hall–Kier alpha value is -1.60. The van der Waals surface area contributed by atoms with Crippen molar-refractivity contribution >= 4 is 46.7 Å². The van der Waals surface area contributed by atoms with Crippen molar-refractivity contribution in [1.29, 1.82) is 0 Å². The third kappa shape index (κ3) is 4.98. The van der Waals surface area contributed by atoms with Crippen LogP contribution < -0.4 is 5.73 Å². The highest BCUT2D eigenvalue weighted by Crippen LogP contribution is 2.29. The summed E-state index contributed by atoms with van der Waals surface area (Å²) in [6.45, 7) is 3.80. The van der Waals surface area contributed by atoms with Gasteiger partial charge in [-0.25, -0.2) is 5.01 Å². The molecule has 3 rings (SSSR count). The van der Waals surface area contributed by atoms with Crippen LogP contribution in [0.4, 0.5) is 0 Å². The molecule has 5 nitrogen and oxygen atoms in total. The van der Waals surface area contributed by atoms with Gasteiger partial charge in [0.2, 0.25) is 0 Å². The molecule has 1 saturated heterocycles. The Labute approximate surface area is 168 Å². The normalized spacial score (nSPS) is 15.0. The molecular weight excluding hydrogens is 391 g/mol. The van der Waals surface area contributed by atoms with Gasteiger partial charge in [0, 0.05) is 12.1 Å². The maximum absolute atomic E-state index is 6.06. The van der Waals surface area contributed by atoms with E-state index in [1.807, 2.05) is 18.2 Å². The lowest BCUT2D eigenvalue weighted by molar-refractivity contribution is 0.296. The van der Waals surface area contributed by atoms with Gasteiger partial charge in [0.15, 0.2) is 5.11 Å². The number of benzene rings is 1. The van der Waals surface area contributed by atoms with Crippen LogP contribution in [0.1, 0.15) is 18.6 Å². The molecule has 26 heavy (non-hydrogen) atoms. The second-order valence-electron chi connectivity index (χ2n) is 6.09. The van der Waals surface area contributed by atoms with Crippen molar-refractivity contribution in [2.75, 3.05) is 26.2 Å². The Morgan fingerprint density at radius 1 is 1.23 bits per heavy atom. The highest BCUT2D eigenvalue weighted by Gasteiger charge is 2.13. The minimum Gasteiger partial charge on any atom is -0.455 e. The zero-order valence-corrected chi connectivity index (χ0v) is 16.5. The number of nitrogens with zero attached hydrogens (tertiary/aromatic N) is 3. The standard InChI is InChI=1S/C18H20Cl2N4OS/c19-15-5-3-13(11-16(15)20)17-6-4-14(25-17)12-22-24(18(21)26)10-9-23-7-1-2-8-23/h3-6,11-12H,1-2,7-10H2,(H2,21,26). The van der Waals surface area contributed by atoms with E-state index in [2.05, 4.69) is 10.0 Å². The summed E-state index contributed by atoms with van der Waals surface area (Å²) in [5.41, 5.74) is 6.63. The van der Waals surface area contributed by atoms with Crippen molar-refractivity contribution in [3.05, 3.63) is 46.1 Å². The average Bonchev–Trinajstić information content (AvgIpc) is 3.28. The van der Waals surface area contributed by atoms with Gasteiger partial charge in [-0.15, -0.1) is 0 Å². The number of furan rings is 1. The highest BCUT2D eigenvalue weighted by atomic mass is 35.5. The number of hydrazone groups is 1. The van der Waals surface area contributed by atoms with Crippen molar-refractivity contribution in [2.45, 2.75) is 12.8 Å². The first-order valence-corrected chi connectivity index (χ1v) is 9.58. The Morgan fingerprint density at radius 3 is 2.69 bits per heavy atom. The second kappa shape index (κ2) is 8.86. The molecule has 1 aromatic carbocycles. The Kier molecular flexibility index (Phi) is 6.53. The van der Waals surface area contributed by atoms with Crippen LogP contribution in [0, 0.1) is 0 Å². The SMILES string of the molecule is NC(=S)N(CCN1CCCC1)N=Cc1ccc(-c2ccc(Cl)c(Cl)c2)o1. The molecule has 0 unspecified atom stereocenters. The van der Waals surface area contributed by atoms with Crippen molar-refractivity contribution < 1.29 is 4.42 Å². The minimum absolute atomic E-state index is 0.247. The van der Waals surface area contributed by atoms with E-state index in [0.717, 1.165) is 25.2 Å². The molecule has 2 N–H and O–H groups in total. The first-order chi connectivity index (χ1) is 12.5. The first kappa shape index (κ1) is 19.2. The molecule has 0 bridgehead atoms. The largest absolute Gasteiger partial charge is 0.455 e. The number of thiocarbonyl (C=S) groups is 1. The van der Waals surface area contributed by atoms with Crippen LogP contribution in [0.3, 0.4) is 0 Å². The number of nitrogens with two attached hydrogens (primary N) is 1. The smallest absolute Gasteiger partial charge is 0.187 e. The average molecular weight is 411 g/mol. The predicted molar refractivity (Wildman–Crippen MR) is 111 cm³/mol. The van der Waals surface area contributed by atoms with Crippen LogP contribution in [0.5, 0.6) is 0 Å². The van der Waals surface area contributed by atoms with Gasteiger partial charge < -0.3 is 15.1 Å². The van der Waals surface area contributed by atoms with E-state index in [1.54, 1.807) is 23.4 Å². The maximum atomic E-state index is 6.06. The van der Waals surface area contributed by atoms with Crippen molar-refractivity contribution in [2.24, 2.45) is 10.8 Å². The van der Waals surface area contributed by atoms with E-state index in [9.17, 15) is 0 Å². The van der Waals surface area contributed by atoms with Gasteiger partial charge in [-0.3, -0.25) is 0 Å². The molecule has 2 heterocycles. The number of halogens is 2. The van der Waals surface area contributed by atoms with Gasteiger partial charge in [0.05, 0.1) is 22.8 Å². The Morgan fingerprint density at radius 2 is 2.00 bits per heavy atom. The molecule has 138 valence electrons. The van der Waals surface area contributed by atoms with E-state index >= 15 is 0 Å². The zero-order valence-electron chi connectivity index (χ0n) is 14.2. The zero-order chi connectivity index (χ0) is 18.5. The van der Waals surface area contributed by atoms with Crippen LogP contribution in [0.2, 0.25) is 10.0 Å². The molecule has 0 saturated carbocycles. The molecule has 1 aliphatic rings. The molecule has 0 spiro atoms. The first-order valence-electron chi connectivity index (χ1n) is 8.41. The van der Waals surface area contributed by atoms with Gasteiger partial charge in [-0.1, -0.05) is 23.2 Å². The van der Waals surface area contributed by atoms with Gasteiger partial charge in [0.1, 0.15) is 11.5 Å². The van der Waals surface area contributed by atoms with Crippen molar-refractivity contribution in [3.8, 4) is 11.3 Å². The summed E-state index contributed by atoms with van der Waals surface area (Å²) in [5.74, 6) is 1.29. The third-order valence-corrected chi connectivity index (χ3v) is 5.19. The highest BCUT2D eigenvalue weighted by molar-refractivity contribution is 7.80. The minimum atomic E-state index is 0.247. The maximum Gasteiger partial charge on any atom is 0.187 e. The summed E-state index contributed by atoms with van der Waals surface area (Å²) >= 11 is 17.1. The summed E-state index contributed by atoms with van der Waals surface area (Å²) in [6, 6.07) is 9.05. The number of hydrogen-bond donors (Lipinski definition) is 1. The van der Waals surface area contributed by atoms with Crippen LogP contribution in [0.15, 0.2) is 39.9 Å². The summed E-state index contributed by atoms with van der Waals surface area (Å²) in [4.78, 5) is 2.38. The molecule has 0 amide bonds. The lowest BCUT2D eigenvalue weighted by Gasteiger charge is -2.20. The van der Waals surface area contributed by atoms with Crippen molar-refractivity contribution in [3.63, 3.8) is 0 Å². The Bertz CT molecular complexity index is 802. The van der Waals surface area contributed by atoms with Gasteiger partial charge in [-0.05, 0) is 68.5 Å². The molecule has 1 aromatic heterocycles. The lowest BCUT2D eigenvalue weighted by Crippen LogP contribution is -2.37. The van der Waals surface area contributed by atoms with E-state index in [-0.39, 0.29) is 5.11 Å². The molecule has 8 heteroatoms. The fraction of sp³-hybridized carbons (Fsp3) is 0.333. The van der Waals surface area contributed by atoms with E-state index in [1.165, 1.54) is 12.8 Å². The predicted octanol–water partition coefficient (Wildman–Crippen LogP) is 4.23. The topological polar surface area (TPSA) is 58.0 Å². The fourth-order valence-corrected chi connectivity index (χ4v) is 3.26. The monoisotopic (exact) mass is 410 g/mol. The van der Waals surface area contributed by atoms with E-state index < -0.39 is 0 Å². The molecular formula is C18H20Cl2N4OS. The fourth-order valence-electron chi connectivity index (χ4n) is 2.82. The molecule has 1 fully saturated rings. The van der Waals surface area contributed by atoms with Gasteiger partial charge in [0.25, 0.3) is 0 Å². The second-order valence-corrected chi connectivity index (χ2v) is 7.32. The number of hydrogen-bond acceptors (Lipinski definition) is 4. The van der Waals surface area contributed by atoms with Gasteiger partial charge >= 0.3 is 0 Å². The van der Waals surface area contributed by atoms with Crippen LogP contribution >= 0.6 is 35.4 Å². The lowest BCUT2D eigenvalue weighted by atomic mass is 10.2. The van der Waals surface area contributed by atoms with E-state index in [4.69, 9.17) is 45.6 Å². The van der Waals surface area contributed by atoms with Crippen LogP contribution in [-0.2, 0) is 0 Å². The summed E-state index contributed by atoms with van der Waals surface area (Å²) in [7, 11) is 0. The summed E-state index contributed by atoms with van der Waals surface area (Å²) in [5, 5.41) is 7.23. The molecule has 0 atom stereocenters.